The van der Waals surface area contributed by atoms with Crippen molar-refractivity contribution in [2.24, 2.45) is 0 Å². The van der Waals surface area contributed by atoms with Gasteiger partial charge in [0.2, 0.25) is 5.91 Å². The molecule has 0 aliphatic carbocycles. The zero-order chi connectivity index (χ0) is 22.8. The molecule has 1 saturated heterocycles. The summed E-state index contributed by atoms with van der Waals surface area (Å²) in [7, 11) is 1.61. The number of carbonyl (C=O) groups excluding carboxylic acids is 2. The van der Waals surface area contributed by atoms with Crippen LogP contribution in [-0.2, 0) is 17.8 Å². The summed E-state index contributed by atoms with van der Waals surface area (Å²) in [4.78, 5) is 33.3. The Morgan fingerprint density at radius 2 is 1.97 bits per heavy atom. The number of nitrogens with one attached hydrogen (secondary N) is 1. The van der Waals surface area contributed by atoms with E-state index < -0.39 is 0 Å². The molecule has 0 unspecified atom stereocenters. The van der Waals surface area contributed by atoms with Crippen molar-refractivity contribution in [3.05, 3.63) is 90.0 Å². The van der Waals surface area contributed by atoms with Gasteiger partial charge >= 0.3 is 0 Å². The first-order chi connectivity index (χ1) is 16.1. The molecule has 4 aromatic rings. The molecule has 1 N–H and O–H groups in total. The van der Waals surface area contributed by atoms with Crippen molar-refractivity contribution in [1.29, 1.82) is 0 Å². The SMILES string of the molecule is COc1ccc2[nH]c(C(=O)N3CC(=O)N(Cc4ccoc4)[C@@H](Cc4ccccc4)C3)cc2c1. The Kier molecular flexibility index (Phi) is 5.60. The molecule has 5 rings (SSSR count). The second-order valence-corrected chi connectivity index (χ2v) is 8.32. The third-order valence-electron chi connectivity index (χ3n) is 6.11. The van der Waals surface area contributed by atoms with Crippen LogP contribution < -0.4 is 4.74 Å². The number of piperazine rings is 1. The molecule has 1 fully saturated rings. The van der Waals surface area contributed by atoms with Crippen LogP contribution in [0.4, 0.5) is 0 Å². The Morgan fingerprint density at radius 1 is 1.12 bits per heavy atom. The highest BCUT2D eigenvalue weighted by Gasteiger charge is 2.35. The van der Waals surface area contributed by atoms with Crippen molar-refractivity contribution in [2.45, 2.75) is 19.0 Å². The Morgan fingerprint density at radius 3 is 2.73 bits per heavy atom. The van der Waals surface area contributed by atoms with E-state index in [1.807, 2.05) is 65.6 Å². The number of fused-ring (bicyclic) bond motifs is 1. The van der Waals surface area contributed by atoms with Crippen LogP contribution in [0.25, 0.3) is 10.9 Å². The van der Waals surface area contributed by atoms with E-state index in [4.69, 9.17) is 9.15 Å². The Bertz CT molecular complexity index is 1260. The molecule has 33 heavy (non-hydrogen) atoms. The molecule has 1 aliphatic heterocycles. The molecule has 0 radical (unpaired) electrons. The van der Waals surface area contributed by atoms with Gasteiger partial charge in [-0.3, -0.25) is 9.59 Å². The van der Waals surface area contributed by atoms with Crippen molar-refractivity contribution in [3.8, 4) is 5.75 Å². The zero-order valence-corrected chi connectivity index (χ0v) is 18.4. The van der Waals surface area contributed by atoms with Crippen LogP contribution >= 0.6 is 0 Å². The van der Waals surface area contributed by atoms with Gasteiger partial charge in [0.1, 0.15) is 18.0 Å². The third-order valence-corrected chi connectivity index (χ3v) is 6.11. The number of aromatic amines is 1. The van der Waals surface area contributed by atoms with Gasteiger partial charge in [-0.1, -0.05) is 30.3 Å². The number of benzene rings is 2. The first kappa shape index (κ1) is 20.9. The molecule has 1 atom stereocenters. The minimum absolute atomic E-state index is 0.0423. The number of ether oxygens (including phenoxy) is 1. The fourth-order valence-electron chi connectivity index (χ4n) is 4.41. The van der Waals surface area contributed by atoms with Gasteiger partial charge < -0.3 is 23.9 Å². The van der Waals surface area contributed by atoms with Crippen molar-refractivity contribution >= 4 is 22.7 Å². The van der Waals surface area contributed by atoms with E-state index in [-0.39, 0.29) is 24.4 Å². The highest BCUT2D eigenvalue weighted by Crippen LogP contribution is 2.24. The van der Waals surface area contributed by atoms with Crippen molar-refractivity contribution in [2.75, 3.05) is 20.2 Å². The summed E-state index contributed by atoms with van der Waals surface area (Å²) in [5, 5.41) is 0.892. The summed E-state index contributed by atoms with van der Waals surface area (Å²) in [5.41, 5.74) is 3.38. The quantitative estimate of drug-likeness (QED) is 0.491. The molecular weight excluding hydrogens is 418 g/mol. The van der Waals surface area contributed by atoms with Crippen LogP contribution in [0.1, 0.15) is 21.6 Å². The van der Waals surface area contributed by atoms with E-state index in [0.717, 1.165) is 27.8 Å². The highest BCUT2D eigenvalue weighted by molar-refractivity contribution is 6.00. The lowest BCUT2D eigenvalue weighted by atomic mass is 10.0. The molecule has 168 valence electrons. The van der Waals surface area contributed by atoms with Gasteiger partial charge in [-0.2, -0.15) is 0 Å². The topological polar surface area (TPSA) is 78.8 Å². The average Bonchev–Trinajstić information content (AvgIpc) is 3.50. The summed E-state index contributed by atoms with van der Waals surface area (Å²) >= 11 is 0. The Balaban J connectivity index is 1.40. The van der Waals surface area contributed by atoms with Crippen molar-refractivity contribution < 1.29 is 18.7 Å². The van der Waals surface area contributed by atoms with Gasteiger partial charge in [0, 0.05) is 29.6 Å². The standard InChI is InChI=1S/C26H25N3O4/c1-32-22-7-8-23-20(12-22)13-24(27-23)26(31)28-15-21(11-18-5-3-2-4-6-18)29(25(30)16-28)14-19-9-10-33-17-19/h2-10,12-13,17,21,27H,11,14-16H2,1H3/t21-/m0/s1. The molecule has 2 amide bonds. The number of hydrogen-bond acceptors (Lipinski definition) is 4. The van der Waals surface area contributed by atoms with Gasteiger partial charge in [0.15, 0.2) is 0 Å². The molecule has 2 aromatic heterocycles. The predicted molar refractivity (Wildman–Crippen MR) is 124 cm³/mol. The highest BCUT2D eigenvalue weighted by atomic mass is 16.5. The molecule has 2 aromatic carbocycles. The number of amides is 2. The maximum atomic E-state index is 13.4. The molecule has 0 spiro atoms. The van der Waals surface area contributed by atoms with E-state index in [1.165, 1.54) is 0 Å². The number of H-pyrrole nitrogens is 1. The summed E-state index contributed by atoms with van der Waals surface area (Å²) in [6.45, 7) is 0.956. The normalized spacial score (nSPS) is 16.4. The molecule has 7 nitrogen and oxygen atoms in total. The number of methoxy groups -OCH3 is 1. The monoisotopic (exact) mass is 443 g/mol. The molecule has 1 aliphatic rings. The molecule has 3 heterocycles. The Labute approximate surface area is 191 Å². The van der Waals surface area contributed by atoms with Crippen LogP contribution in [0, 0.1) is 0 Å². The van der Waals surface area contributed by atoms with E-state index in [2.05, 4.69) is 4.98 Å². The van der Waals surface area contributed by atoms with Gasteiger partial charge in [0.25, 0.3) is 5.91 Å². The van der Waals surface area contributed by atoms with E-state index in [1.54, 1.807) is 24.5 Å². The first-order valence-corrected chi connectivity index (χ1v) is 10.9. The number of furan rings is 1. The van der Waals surface area contributed by atoms with E-state index >= 15 is 0 Å². The number of nitrogens with zero attached hydrogens (tertiary/aromatic N) is 2. The summed E-state index contributed by atoms with van der Waals surface area (Å²) in [6.07, 6.45) is 3.93. The summed E-state index contributed by atoms with van der Waals surface area (Å²) < 4.78 is 10.5. The van der Waals surface area contributed by atoms with Gasteiger partial charge in [-0.25, -0.2) is 0 Å². The molecule has 0 bridgehead atoms. The summed E-state index contributed by atoms with van der Waals surface area (Å²) in [6, 6.07) is 19.2. The van der Waals surface area contributed by atoms with Crippen molar-refractivity contribution in [3.63, 3.8) is 0 Å². The predicted octanol–water partition coefficient (Wildman–Crippen LogP) is 3.87. The lowest BCUT2D eigenvalue weighted by molar-refractivity contribution is -0.139. The fourth-order valence-corrected chi connectivity index (χ4v) is 4.41. The van der Waals surface area contributed by atoms with Crippen LogP contribution in [-0.4, -0.2) is 52.8 Å². The average molecular weight is 444 g/mol. The molecular formula is C26H25N3O4. The van der Waals surface area contributed by atoms with Crippen LogP contribution in [0.3, 0.4) is 0 Å². The number of aromatic nitrogens is 1. The molecule has 0 saturated carbocycles. The number of carbonyl (C=O) groups is 2. The number of rotatable bonds is 6. The van der Waals surface area contributed by atoms with Gasteiger partial charge in [0.05, 0.1) is 25.7 Å². The molecule has 7 heteroatoms. The maximum Gasteiger partial charge on any atom is 0.270 e. The van der Waals surface area contributed by atoms with E-state index in [0.29, 0.717) is 25.2 Å². The lowest BCUT2D eigenvalue weighted by Crippen LogP contribution is -2.58. The minimum atomic E-state index is -0.181. The minimum Gasteiger partial charge on any atom is -0.497 e. The Hall–Kier alpha value is -4.00. The lowest BCUT2D eigenvalue weighted by Gasteiger charge is -2.41. The third kappa shape index (κ3) is 4.35. The number of hydrogen-bond donors (Lipinski definition) is 1. The zero-order valence-electron chi connectivity index (χ0n) is 18.4. The smallest absolute Gasteiger partial charge is 0.270 e. The van der Waals surface area contributed by atoms with Crippen LogP contribution in [0.15, 0.2) is 77.6 Å². The van der Waals surface area contributed by atoms with Gasteiger partial charge in [-0.05, 0) is 42.3 Å². The largest absolute Gasteiger partial charge is 0.497 e. The van der Waals surface area contributed by atoms with Crippen LogP contribution in [0.2, 0.25) is 0 Å². The van der Waals surface area contributed by atoms with Crippen LogP contribution in [0.5, 0.6) is 5.75 Å². The second kappa shape index (κ2) is 8.86. The van der Waals surface area contributed by atoms with Crippen molar-refractivity contribution in [1.82, 2.24) is 14.8 Å². The first-order valence-electron chi connectivity index (χ1n) is 10.9. The second-order valence-electron chi connectivity index (χ2n) is 8.32. The summed E-state index contributed by atoms with van der Waals surface area (Å²) in [5.74, 6) is 0.473. The van der Waals surface area contributed by atoms with Gasteiger partial charge in [-0.15, -0.1) is 0 Å². The maximum absolute atomic E-state index is 13.4. The van der Waals surface area contributed by atoms with E-state index in [9.17, 15) is 9.59 Å². The fraction of sp³-hybridized carbons (Fsp3) is 0.231.